The molecular formula is C21H21NO4. The molecule has 26 heavy (non-hydrogen) atoms. The molecule has 0 fully saturated rings. The topological polar surface area (TPSA) is 69.4 Å². The monoisotopic (exact) mass is 351 g/mol. The highest BCUT2D eigenvalue weighted by atomic mass is 16.5. The van der Waals surface area contributed by atoms with Gasteiger partial charge in [0.2, 0.25) is 0 Å². The normalized spacial score (nSPS) is 12.1. The minimum absolute atomic E-state index is 0.0305. The Morgan fingerprint density at radius 3 is 2.58 bits per heavy atom. The Balaban J connectivity index is 1.56. The van der Waals surface area contributed by atoms with Crippen molar-refractivity contribution in [3.63, 3.8) is 0 Å². The van der Waals surface area contributed by atoms with Crippen LogP contribution in [0.2, 0.25) is 0 Å². The molecule has 5 heteroatoms. The molecule has 2 aromatic carbocycles. The van der Waals surface area contributed by atoms with Crippen LogP contribution in [0, 0.1) is 0 Å². The summed E-state index contributed by atoms with van der Waals surface area (Å²) in [5.74, 6) is -0.276. The average Bonchev–Trinajstić information content (AvgIpc) is 3.08. The lowest BCUT2D eigenvalue weighted by Crippen LogP contribution is -2.16. The molecule has 134 valence electrons. The van der Waals surface area contributed by atoms with Gasteiger partial charge in [0.1, 0.15) is 5.69 Å². The van der Waals surface area contributed by atoms with Crippen molar-refractivity contribution in [2.75, 3.05) is 6.61 Å². The first-order chi connectivity index (χ1) is 12.6. The number of rotatable bonds is 7. The SMILES string of the molecule is CC[C@@H](C)c1ccc(C(=O)COC(=O)Cc2noc3ccccc23)cc1. The third-order valence-corrected chi connectivity index (χ3v) is 4.54. The van der Waals surface area contributed by atoms with Gasteiger partial charge in [0.15, 0.2) is 18.0 Å². The molecule has 0 radical (unpaired) electrons. The fourth-order valence-corrected chi connectivity index (χ4v) is 2.72. The minimum Gasteiger partial charge on any atom is -0.457 e. The molecular weight excluding hydrogens is 330 g/mol. The van der Waals surface area contributed by atoms with Crippen LogP contribution in [0.5, 0.6) is 0 Å². The van der Waals surface area contributed by atoms with Crippen molar-refractivity contribution >= 4 is 22.7 Å². The number of aromatic nitrogens is 1. The summed E-state index contributed by atoms with van der Waals surface area (Å²) in [6.45, 7) is 3.99. The van der Waals surface area contributed by atoms with Crippen LogP contribution in [0.15, 0.2) is 53.1 Å². The lowest BCUT2D eigenvalue weighted by Gasteiger charge is -2.09. The molecule has 0 saturated carbocycles. The number of hydrogen-bond donors (Lipinski definition) is 0. The molecule has 0 N–H and O–H groups in total. The van der Waals surface area contributed by atoms with Crippen molar-refractivity contribution in [3.05, 3.63) is 65.4 Å². The zero-order valence-electron chi connectivity index (χ0n) is 14.9. The number of benzene rings is 2. The first-order valence-corrected chi connectivity index (χ1v) is 8.70. The van der Waals surface area contributed by atoms with Crippen LogP contribution in [0.25, 0.3) is 11.0 Å². The molecule has 0 bridgehead atoms. The van der Waals surface area contributed by atoms with Gasteiger partial charge in [-0.25, -0.2) is 0 Å². The summed E-state index contributed by atoms with van der Waals surface area (Å²) in [5, 5.41) is 4.67. The maximum Gasteiger partial charge on any atom is 0.312 e. The maximum atomic E-state index is 12.2. The first kappa shape index (κ1) is 17.9. The van der Waals surface area contributed by atoms with Gasteiger partial charge in [-0.3, -0.25) is 9.59 Å². The summed E-state index contributed by atoms with van der Waals surface area (Å²) in [7, 11) is 0. The third-order valence-electron chi connectivity index (χ3n) is 4.54. The number of carbonyl (C=O) groups is 2. The molecule has 5 nitrogen and oxygen atoms in total. The van der Waals surface area contributed by atoms with Crippen LogP contribution in [-0.4, -0.2) is 23.5 Å². The van der Waals surface area contributed by atoms with Gasteiger partial charge in [0.05, 0.1) is 6.42 Å². The Labute approximate surface area is 151 Å². The molecule has 0 aliphatic carbocycles. The van der Waals surface area contributed by atoms with E-state index in [4.69, 9.17) is 9.26 Å². The van der Waals surface area contributed by atoms with Crippen LogP contribution in [0.1, 0.15) is 47.8 Å². The largest absolute Gasteiger partial charge is 0.457 e. The van der Waals surface area contributed by atoms with Crippen molar-refractivity contribution in [2.45, 2.75) is 32.6 Å². The standard InChI is InChI=1S/C21H21NO4/c1-3-14(2)15-8-10-16(11-9-15)19(23)13-25-21(24)12-18-17-6-4-5-7-20(17)26-22-18/h4-11,14H,3,12-13H2,1-2H3/t14-/m1/s1. The van der Waals surface area contributed by atoms with E-state index >= 15 is 0 Å². The van der Waals surface area contributed by atoms with Gasteiger partial charge in [0.25, 0.3) is 0 Å². The van der Waals surface area contributed by atoms with E-state index in [2.05, 4.69) is 19.0 Å². The lowest BCUT2D eigenvalue weighted by molar-refractivity contribution is -0.141. The Morgan fingerprint density at radius 1 is 1.12 bits per heavy atom. The van der Waals surface area contributed by atoms with Gasteiger partial charge in [-0.05, 0) is 30.0 Å². The number of nitrogens with zero attached hydrogens (tertiary/aromatic N) is 1. The molecule has 1 heterocycles. The molecule has 1 atom stereocenters. The van der Waals surface area contributed by atoms with Crippen molar-refractivity contribution in [3.8, 4) is 0 Å². The van der Waals surface area contributed by atoms with Crippen LogP contribution in [0.4, 0.5) is 0 Å². The summed E-state index contributed by atoms with van der Waals surface area (Å²) in [6.07, 6.45) is 1.01. The summed E-state index contributed by atoms with van der Waals surface area (Å²) < 4.78 is 10.3. The maximum absolute atomic E-state index is 12.2. The smallest absolute Gasteiger partial charge is 0.312 e. The molecule has 0 aliphatic rings. The van der Waals surface area contributed by atoms with Crippen molar-refractivity contribution in [1.29, 1.82) is 0 Å². The van der Waals surface area contributed by atoms with E-state index in [0.29, 0.717) is 22.8 Å². The highest BCUT2D eigenvalue weighted by molar-refractivity contribution is 5.98. The zero-order valence-corrected chi connectivity index (χ0v) is 14.9. The minimum atomic E-state index is -0.506. The van der Waals surface area contributed by atoms with Gasteiger partial charge in [-0.2, -0.15) is 0 Å². The Bertz CT molecular complexity index is 911. The van der Waals surface area contributed by atoms with E-state index in [9.17, 15) is 9.59 Å². The summed E-state index contributed by atoms with van der Waals surface area (Å²) >= 11 is 0. The summed E-state index contributed by atoms with van der Waals surface area (Å²) in [5.41, 5.74) is 2.86. The Morgan fingerprint density at radius 2 is 1.85 bits per heavy atom. The Hall–Kier alpha value is -2.95. The molecule has 0 unspecified atom stereocenters. The summed E-state index contributed by atoms with van der Waals surface area (Å²) in [6, 6.07) is 14.8. The molecule has 0 amide bonds. The Kier molecular flexibility index (Phi) is 5.46. The number of carbonyl (C=O) groups excluding carboxylic acids is 2. The third kappa shape index (κ3) is 3.99. The quantitative estimate of drug-likeness (QED) is 0.469. The van der Waals surface area contributed by atoms with Gasteiger partial charge >= 0.3 is 5.97 Å². The second-order valence-electron chi connectivity index (χ2n) is 6.32. The number of ether oxygens (including phenoxy) is 1. The molecule has 0 spiro atoms. The summed E-state index contributed by atoms with van der Waals surface area (Å²) in [4.78, 5) is 24.2. The first-order valence-electron chi connectivity index (χ1n) is 8.70. The van der Waals surface area contributed by atoms with E-state index < -0.39 is 5.97 Å². The number of Topliss-reactive ketones (excluding diaryl/α,β-unsaturated/α-hetero) is 1. The highest BCUT2D eigenvalue weighted by Crippen LogP contribution is 2.20. The van der Waals surface area contributed by atoms with E-state index in [0.717, 1.165) is 11.8 Å². The van der Waals surface area contributed by atoms with Crippen LogP contribution >= 0.6 is 0 Å². The zero-order chi connectivity index (χ0) is 18.5. The number of para-hydroxylation sites is 1. The second kappa shape index (κ2) is 7.95. The fraction of sp³-hybridized carbons (Fsp3) is 0.286. The predicted molar refractivity (Wildman–Crippen MR) is 98.2 cm³/mol. The van der Waals surface area contributed by atoms with Crippen molar-refractivity contribution in [1.82, 2.24) is 5.16 Å². The van der Waals surface area contributed by atoms with Gasteiger partial charge < -0.3 is 9.26 Å². The number of hydrogen-bond acceptors (Lipinski definition) is 5. The number of ketones is 1. The average molecular weight is 351 g/mol. The second-order valence-corrected chi connectivity index (χ2v) is 6.32. The molecule has 3 rings (SSSR count). The molecule has 0 aliphatic heterocycles. The van der Waals surface area contributed by atoms with E-state index in [-0.39, 0.29) is 18.8 Å². The van der Waals surface area contributed by atoms with Gasteiger partial charge in [0, 0.05) is 10.9 Å². The van der Waals surface area contributed by atoms with Crippen LogP contribution in [-0.2, 0) is 16.0 Å². The lowest BCUT2D eigenvalue weighted by atomic mass is 9.97. The molecule has 0 saturated heterocycles. The van der Waals surface area contributed by atoms with Gasteiger partial charge in [-0.1, -0.05) is 55.4 Å². The molecule has 3 aromatic rings. The highest BCUT2D eigenvalue weighted by Gasteiger charge is 2.15. The van der Waals surface area contributed by atoms with Gasteiger partial charge in [-0.15, -0.1) is 0 Å². The number of esters is 1. The van der Waals surface area contributed by atoms with E-state index in [1.54, 1.807) is 18.2 Å². The predicted octanol–water partition coefficient (Wildman–Crippen LogP) is 4.31. The molecule has 1 aromatic heterocycles. The van der Waals surface area contributed by atoms with Crippen molar-refractivity contribution in [2.24, 2.45) is 0 Å². The van der Waals surface area contributed by atoms with Crippen LogP contribution in [0.3, 0.4) is 0 Å². The van der Waals surface area contributed by atoms with E-state index in [1.807, 2.05) is 30.3 Å². The number of fused-ring (bicyclic) bond motifs is 1. The van der Waals surface area contributed by atoms with E-state index in [1.165, 1.54) is 5.56 Å². The van der Waals surface area contributed by atoms with Crippen LogP contribution < -0.4 is 0 Å². The fourth-order valence-electron chi connectivity index (χ4n) is 2.72. The van der Waals surface area contributed by atoms with Crippen molar-refractivity contribution < 1.29 is 18.8 Å².